The van der Waals surface area contributed by atoms with Crippen molar-refractivity contribution in [2.24, 2.45) is 0 Å². The number of pyridine rings is 1. The summed E-state index contributed by atoms with van der Waals surface area (Å²) in [5, 5.41) is 5.82. The third kappa shape index (κ3) is 5.70. The van der Waals surface area contributed by atoms with Gasteiger partial charge in [0.05, 0.1) is 0 Å². The highest BCUT2D eigenvalue weighted by Crippen LogP contribution is 2.09. The second kappa shape index (κ2) is 8.48. The summed E-state index contributed by atoms with van der Waals surface area (Å²) in [5.41, 5.74) is 1.45. The maximum Gasteiger partial charge on any atom is 0.251 e. The molecular formula is C14H23N3O2. The van der Waals surface area contributed by atoms with Crippen LogP contribution in [0.3, 0.4) is 0 Å². The number of hydrogen-bond donors (Lipinski definition) is 2. The summed E-state index contributed by atoms with van der Waals surface area (Å²) in [6.07, 6.45) is 1.85. The lowest BCUT2D eigenvalue weighted by Gasteiger charge is -2.08. The zero-order valence-corrected chi connectivity index (χ0v) is 12.0. The van der Waals surface area contributed by atoms with Crippen molar-refractivity contribution in [2.75, 3.05) is 32.1 Å². The molecule has 1 amide bonds. The van der Waals surface area contributed by atoms with E-state index in [9.17, 15) is 4.79 Å². The van der Waals surface area contributed by atoms with E-state index in [1.165, 1.54) is 0 Å². The van der Waals surface area contributed by atoms with Gasteiger partial charge >= 0.3 is 0 Å². The number of aromatic nitrogens is 1. The molecule has 0 aliphatic carbocycles. The van der Waals surface area contributed by atoms with Gasteiger partial charge in [-0.2, -0.15) is 0 Å². The third-order valence-corrected chi connectivity index (χ3v) is 2.57. The van der Waals surface area contributed by atoms with Crippen molar-refractivity contribution < 1.29 is 9.53 Å². The predicted octanol–water partition coefficient (Wildman–Crippen LogP) is 1.98. The predicted molar refractivity (Wildman–Crippen MR) is 76.6 cm³/mol. The Morgan fingerprint density at radius 2 is 2.16 bits per heavy atom. The van der Waals surface area contributed by atoms with Gasteiger partial charge in [-0.25, -0.2) is 4.98 Å². The smallest absolute Gasteiger partial charge is 0.251 e. The van der Waals surface area contributed by atoms with E-state index >= 15 is 0 Å². The summed E-state index contributed by atoms with van der Waals surface area (Å²) in [7, 11) is 1.79. The number of nitrogens with one attached hydrogen (secondary N) is 2. The van der Waals surface area contributed by atoms with E-state index in [0.29, 0.717) is 24.5 Å². The highest BCUT2D eigenvalue weighted by Gasteiger charge is 2.07. The third-order valence-electron chi connectivity index (χ3n) is 2.57. The Bertz CT molecular complexity index is 408. The second-order valence-electron chi connectivity index (χ2n) is 4.35. The first kappa shape index (κ1) is 15.4. The molecule has 19 heavy (non-hydrogen) atoms. The zero-order valence-electron chi connectivity index (χ0n) is 12.0. The minimum absolute atomic E-state index is 0.0718. The molecule has 5 nitrogen and oxygen atoms in total. The van der Waals surface area contributed by atoms with Gasteiger partial charge in [0.25, 0.3) is 5.91 Å². The maximum atomic E-state index is 11.9. The van der Waals surface area contributed by atoms with E-state index in [0.717, 1.165) is 25.1 Å². The topological polar surface area (TPSA) is 63.2 Å². The second-order valence-corrected chi connectivity index (χ2v) is 4.35. The maximum absolute atomic E-state index is 11.9. The minimum atomic E-state index is -0.0718. The highest BCUT2D eigenvalue weighted by atomic mass is 16.5. The fourth-order valence-corrected chi connectivity index (χ4v) is 1.65. The molecule has 0 aromatic carbocycles. The molecule has 1 aromatic heterocycles. The molecule has 0 saturated carbocycles. The summed E-state index contributed by atoms with van der Waals surface area (Å²) in [5.74, 6) is 0.633. The molecule has 0 fully saturated rings. The number of anilines is 1. The molecule has 0 spiro atoms. The van der Waals surface area contributed by atoms with E-state index in [1.807, 2.05) is 6.92 Å². The van der Waals surface area contributed by atoms with Crippen LogP contribution in [0.4, 0.5) is 5.82 Å². The molecule has 5 heteroatoms. The monoisotopic (exact) mass is 265 g/mol. The van der Waals surface area contributed by atoms with Gasteiger partial charge in [0, 0.05) is 38.1 Å². The molecule has 0 saturated heterocycles. The molecule has 1 heterocycles. The molecule has 1 rings (SSSR count). The molecule has 0 bridgehead atoms. The van der Waals surface area contributed by atoms with Crippen molar-refractivity contribution in [3.63, 3.8) is 0 Å². The average molecular weight is 265 g/mol. The number of amides is 1. The standard InChI is InChI=1S/C14H23N3O2/c1-4-7-19-8-5-6-16-14(18)12-9-11(2)17-13(10-12)15-3/h9-10H,4-8H2,1-3H3,(H,15,17)(H,16,18). The fourth-order valence-electron chi connectivity index (χ4n) is 1.65. The number of carbonyl (C=O) groups is 1. The molecule has 2 N–H and O–H groups in total. The molecular weight excluding hydrogens is 242 g/mol. The number of aryl methyl sites for hydroxylation is 1. The van der Waals surface area contributed by atoms with Crippen LogP contribution in [0.25, 0.3) is 0 Å². The Balaban J connectivity index is 2.39. The highest BCUT2D eigenvalue weighted by molar-refractivity contribution is 5.94. The van der Waals surface area contributed by atoms with Crippen molar-refractivity contribution in [3.05, 3.63) is 23.4 Å². The van der Waals surface area contributed by atoms with Crippen molar-refractivity contribution >= 4 is 11.7 Å². The summed E-state index contributed by atoms with van der Waals surface area (Å²) < 4.78 is 5.35. The Kier molecular flexibility index (Phi) is 6.89. The number of rotatable bonds is 8. The van der Waals surface area contributed by atoms with Crippen LogP contribution < -0.4 is 10.6 Å². The summed E-state index contributed by atoms with van der Waals surface area (Å²) in [6, 6.07) is 3.53. The average Bonchev–Trinajstić information content (AvgIpc) is 2.41. The molecule has 0 aliphatic heterocycles. The van der Waals surface area contributed by atoms with E-state index in [4.69, 9.17) is 4.74 Å². The lowest BCUT2D eigenvalue weighted by atomic mass is 10.2. The van der Waals surface area contributed by atoms with E-state index in [2.05, 4.69) is 22.5 Å². The molecule has 1 aromatic rings. The zero-order chi connectivity index (χ0) is 14.1. The Hall–Kier alpha value is -1.62. The van der Waals surface area contributed by atoms with Crippen LogP contribution in [0.15, 0.2) is 12.1 Å². The molecule has 106 valence electrons. The Morgan fingerprint density at radius 1 is 1.37 bits per heavy atom. The van der Waals surface area contributed by atoms with Crippen LogP contribution in [-0.4, -0.2) is 37.7 Å². The van der Waals surface area contributed by atoms with Crippen LogP contribution in [0.2, 0.25) is 0 Å². The van der Waals surface area contributed by atoms with Crippen LogP contribution >= 0.6 is 0 Å². The van der Waals surface area contributed by atoms with E-state index < -0.39 is 0 Å². The summed E-state index contributed by atoms with van der Waals surface area (Å²) in [6.45, 7) is 6.04. The largest absolute Gasteiger partial charge is 0.381 e. The summed E-state index contributed by atoms with van der Waals surface area (Å²) in [4.78, 5) is 16.2. The quantitative estimate of drug-likeness (QED) is 0.705. The van der Waals surface area contributed by atoms with Gasteiger partial charge in [-0.3, -0.25) is 4.79 Å². The van der Waals surface area contributed by atoms with Gasteiger partial charge in [0.15, 0.2) is 0 Å². The van der Waals surface area contributed by atoms with Gasteiger partial charge in [0.1, 0.15) is 5.82 Å². The van der Waals surface area contributed by atoms with E-state index in [-0.39, 0.29) is 5.91 Å². The number of carbonyl (C=O) groups excluding carboxylic acids is 1. The Morgan fingerprint density at radius 3 is 2.84 bits per heavy atom. The van der Waals surface area contributed by atoms with Crippen molar-refractivity contribution in [1.29, 1.82) is 0 Å². The van der Waals surface area contributed by atoms with Crippen molar-refractivity contribution in [3.8, 4) is 0 Å². The molecule has 0 atom stereocenters. The first-order valence-electron chi connectivity index (χ1n) is 6.69. The summed E-state index contributed by atoms with van der Waals surface area (Å²) >= 11 is 0. The van der Waals surface area contributed by atoms with Gasteiger partial charge < -0.3 is 15.4 Å². The van der Waals surface area contributed by atoms with Gasteiger partial charge in [-0.05, 0) is 31.9 Å². The van der Waals surface area contributed by atoms with Crippen LogP contribution in [0.1, 0.15) is 35.8 Å². The number of ether oxygens (including phenoxy) is 1. The minimum Gasteiger partial charge on any atom is -0.381 e. The first-order chi connectivity index (χ1) is 9.17. The normalized spacial score (nSPS) is 10.3. The molecule has 0 unspecified atom stereocenters. The van der Waals surface area contributed by atoms with E-state index in [1.54, 1.807) is 19.2 Å². The Labute approximate surface area is 114 Å². The van der Waals surface area contributed by atoms with Gasteiger partial charge in [0.2, 0.25) is 0 Å². The van der Waals surface area contributed by atoms with Crippen molar-refractivity contribution in [1.82, 2.24) is 10.3 Å². The van der Waals surface area contributed by atoms with Crippen LogP contribution in [0, 0.1) is 6.92 Å². The van der Waals surface area contributed by atoms with Gasteiger partial charge in [-0.1, -0.05) is 6.92 Å². The first-order valence-corrected chi connectivity index (χ1v) is 6.69. The SMILES string of the molecule is CCCOCCCNC(=O)c1cc(C)nc(NC)c1. The lowest BCUT2D eigenvalue weighted by molar-refractivity contribution is 0.0941. The lowest BCUT2D eigenvalue weighted by Crippen LogP contribution is -2.25. The number of nitrogens with zero attached hydrogens (tertiary/aromatic N) is 1. The van der Waals surface area contributed by atoms with Crippen LogP contribution in [0.5, 0.6) is 0 Å². The molecule has 0 radical (unpaired) electrons. The molecule has 0 aliphatic rings. The van der Waals surface area contributed by atoms with Crippen LogP contribution in [-0.2, 0) is 4.74 Å². The van der Waals surface area contributed by atoms with Crippen molar-refractivity contribution in [2.45, 2.75) is 26.7 Å². The fraction of sp³-hybridized carbons (Fsp3) is 0.571. The van der Waals surface area contributed by atoms with Gasteiger partial charge in [-0.15, -0.1) is 0 Å². The number of hydrogen-bond acceptors (Lipinski definition) is 4.